The second kappa shape index (κ2) is 5.71. The predicted octanol–water partition coefficient (Wildman–Crippen LogP) is 1.75. The van der Waals surface area contributed by atoms with E-state index < -0.39 is 5.91 Å². The van der Waals surface area contributed by atoms with Crippen molar-refractivity contribution in [3.63, 3.8) is 0 Å². The van der Waals surface area contributed by atoms with E-state index in [1.807, 2.05) is 24.3 Å². The molecular weight excluding hydrogens is 347 g/mol. The number of aromatic nitrogens is 2. The predicted molar refractivity (Wildman–Crippen MR) is 73.3 cm³/mol. The molecule has 0 unspecified atom stereocenters. The van der Waals surface area contributed by atoms with Crippen LogP contribution in [0.25, 0.3) is 0 Å². The molecule has 0 fully saturated rings. The third-order valence-electron chi connectivity index (χ3n) is 2.10. The molecule has 0 saturated heterocycles. The Morgan fingerprint density at radius 3 is 3.00 bits per heavy atom. The molecule has 7 heteroatoms. The van der Waals surface area contributed by atoms with E-state index in [0.29, 0.717) is 5.69 Å². The van der Waals surface area contributed by atoms with E-state index in [9.17, 15) is 4.79 Å². The smallest absolute Gasteiger partial charge is 0.265 e. The van der Waals surface area contributed by atoms with Gasteiger partial charge in [0, 0.05) is 3.57 Å². The molecule has 1 N–H and O–H groups in total. The fraction of sp³-hybridized carbons (Fsp3) is 0.0909. The highest BCUT2D eigenvalue weighted by Crippen LogP contribution is 2.05. The van der Waals surface area contributed by atoms with Gasteiger partial charge in [0.25, 0.3) is 5.91 Å². The minimum atomic E-state index is -0.448. The first-order valence-electron chi connectivity index (χ1n) is 5.05. The first-order valence-corrected chi connectivity index (χ1v) is 6.13. The molecule has 0 spiro atoms. The molecule has 92 valence electrons. The van der Waals surface area contributed by atoms with Crippen LogP contribution in [-0.4, -0.2) is 22.4 Å². The summed E-state index contributed by atoms with van der Waals surface area (Å²) in [6.45, 7) is 1.63. The van der Waals surface area contributed by atoms with Crippen molar-refractivity contribution in [2.24, 2.45) is 5.10 Å². The molecule has 0 aliphatic rings. The number of nitrogens with one attached hydrogen (secondary N) is 1. The van der Waals surface area contributed by atoms with Crippen LogP contribution in [0.2, 0.25) is 0 Å². The molecule has 2 rings (SSSR count). The van der Waals surface area contributed by atoms with E-state index in [-0.39, 0.29) is 5.69 Å². The summed E-state index contributed by atoms with van der Waals surface area (Å²) in [7, 11) is 0. The molecule has 0 atom stereocenters. The summed E-state index contributed by atoms with van der Waals surface area (Å²) < 4.78 is 5.53. The van der Waals surface area contributed by atoms with Gasteiger partial charge < -0.3 is 0 Å². The quantitative estimate of drug-likeness (QED) is 0.516. The minimum Gasteiger partial charge on any atom is -0.265 e. The van der Waals surface area contributed by atoms with Crippen molar-refractivity contribution >= 4 is 34.7 Å². The van der Waals surface area contributed by atoms with E-state index in [2.05, 4.69) is 48.1 Å². The van der Waals surface area contributed by atoms with Crippen molar-refractivity contribution in [2.75, 3.05) is 0 Å². The first-order chi connectivity index (χ1) is 8.66. The lowest BCUT2D eigenvalue weighted by atomic mass is 10.2. The maximum absolute atomic E-state index is 11.6. The van der Waals surface area contributed by atoms with E-state index in [1.54, 1.807) is 13.1 Å². The van der Waals surface area contributed by atoms with Crippen molar-refractivity contribution in [1.29, 1.82) is 0 Å². The number of amides is 1. The number of carbonyl (C=O) groups excluding carboxylic acids is 1. The maximum Gasteiger partial charge on any atom is 0.295 e. The second-order valence-electron chi connectivity index (χ2n) is 3.45. The molecule has 0 aliphatic heterocycles. The van der Waals surface area contributed by atoms with Gasteiger partial charge in [-0.25, -0.2) is 10.1 Å². The number of rotatable bonds is 3. The van der Waals surface area contributed by atoms with Crippen molar-refractivity contribution < 1.29 is 9.42 Å². The van der Waals surface area contributed by atoms with Crippen LogP contribution in [0.15, 0.2) is 34.0 Å². The monoisotopic (exact) mass is 356 g/mol. The van der Waals surface area contributed by atoms with Crippen molar-refractivity contribution in [3.8, 4) is 0 Å². The molecule has 0 radical (unpaired) electrons. The van der Waals surface area contributed by atoms with Gasteiger partial charge >= 0.3 is 0 Å². The van der Waals surface area contributed by atoms with Crippen molar-refractivity contribution in [2.45, 2.75) is 6.92 Å². The van der Waals surface area contributed by atoms with Gasteiger partial charge in [-0.05, 0) is 52.4 Å². The lowest BCUT2D eigenvalue weighted by Crippen LogP contribution is -2.19. The Hall–Kier alpha value is -1.77. The van der Waals surface area contributed by atoms with Crippen LogP contribution in [0.3, 0.4) is 0 Å². The van der Waals surface area contributed by atoms with Gasteiger partial charge in [-0.15, -0.1) is 0 Å². The summed E-state index contributed by atoms with van der Waals surface area (Å²) in [6, 6.07) is 7.72. The van der Waals surface area contributed by atoms with Gasteiger partial charge in [0.2, 0.25) is 0 Å². The Morgan fingerprint density at radius 2 is 2.33 bits per heavy atom. The van der Waals surface area contributed by atoms with Crippen LogP contribution in [0.4, 0.5) is 0 Å². The number of hydrazone groups is 1. The Morgan fingerprint density at radius 1 is 1.50 bits per heavy atom. The average molecular weight is 356 g/mol. The van der Waals surface area contributed by atoms with Crippen LogP contribution < -0.4 is 5.43 Å². The van der Waals surface area contributed by atoms with E-state index in [4.69, 9.17) is 0 Å². The maximum atomic E-state index is 11.6. The number of nitrogens with zero attached hydrogens (tertiary/aromatic N) is 3. The van der Waals surface area contributed by atoms with Crippen LogP contribution in [-0.2, 0) is 0 Å². The minimum absolute atomic E-state index is 0.134. The second-order valence-corrected chi connectivity index (χ2v) is 4.70. The summed E-state index contributed by atoms with van der Waals surface area (Å²) in [5.74, 6) is -0.448. The van der Waals surface area contributed by atoms with E-state index >= 15 is 0 Å². The van der Waals surface area contributed by atoms with Gasteiger partial charge in [0.05, 0.1) is 6.21 Å². The Bertz CT molecular complexity index is 594. The Labute approximate surface area is 117 Å². The Kier molecular flexibility index (Phi) is 4.03. The topological polar surface area (TPSA) is 80.4 Å². The molecule has 1 heterocycles. The van der Waals surface area contributed by atoms with Crippen molar-refractivity contribution in [1.82, 2.24) is 15.7 Å². The van der Waals surface area contributed by atoms with Crippen LogP contribution in [0, 0.1) is 10.5 Å². The molecule has 0 bridgehead atoms. The molecule has 1 aromatic heterocycles. The van der Waals surface area contributed by atoms with E-state index in [1.165, 1.54) is 0 Å². The summed E-state index contributed by atoms with van der Waals surface area (Å²) in [4.78, 5) is 11.6. The lowest BCUT2D eigenvalue weighted by molar-refractivity contribution is 0.0945. The lowest BCUT2D eigenvalue weighted by Gasteiger charge is -1.96. The molecule has 1 aromatic carbocycles. The highest BCUT2D eigenvalue weighted by molar-refractivity contribution is 14.1. The summed E-state index contributed by atoms with van der Waals surface area (Å²) in [6.07, 6.45) is 1.56. The molecule has 0 saturated carbocycles. The zero-order chi connectivity index (χ0) is 13.0. The largest absolute Gasteiger partial charge is 0.295 e. The number of halogens is 1. The molecule has 1 amide bonds. The molecular formula is C11H9IN4O2. The number of carbonyl (C=O) groups is 1. The Balaban J connectivity index is 2.00. The zero-order valence-corrected chi connectivity index (χ0v) is 11.6. The molecule has 0 aliphatic carbocycles. The average Bonchev–Trinajstić information content (AvgIpc) is 2.75. The van der Waals surface area contributed by atoms with E-state index in [0.717, 1.165) is 9.13 Å². The fourth-order valence-corrected chi connectivity index (χ4v) is 1.81. The number of benzene rings is 1. The highest BCUT2D eigenvalue weighted by atomic mass is 127. The van der Waals surface area contributed by atoms with Crippen LogP contribution in [0.5, 0.6) is 0 Å². The summed E-state index contributed by atoms with van der Waals surface area (Å²) in [5.41, 5.74) is 3.82. The highest BCUT2D eigenvalue weighted by Gasteiger charge is 2.13. The normalized spacial score (nSPS) is 10.8. The fourth-order valence-electron chi connectivity index (χ4n) is 1.24. The van der Waals surface area contributed by atoms with Crippen LogP contribution in [0.1, 0.15) is 21.7 Å². The van der Waals surface area contributed by atoms with Gasteiger partial charge in [-0.1, -0.05) is 17.3 Å². The van der Waals surface area contributed by atoms with Gasteiger partial charge in [0.15, 0.2) is 5.69 Å². The van der Waals surface area contributed by atoms with Crippen LogP contribution >= 0.6 is 22.6 Å². The number of aryl methyl sites for hydroxylation is 1. The third-order valence-corrected chi connectivity index (χ3v) is 2.77. The summed E-state index contributed by atoms with van der Waals surface area (Å²) in [5, 5.41) is 10.8. The standard InChI is InChI=1S/C11H9IN4O2/c1-7-10(16-18-15-7)11(17)14-13-6-8-3-2-4-9(12)5-8/h2-6H,1H3,(H,14,17). The number of hydrogen-bond donors (Lipinski definition) is 1. The molecule has 6 nitrogen and oxygen atoms in total. The molecule has 18 heavy (non-hydrogen) atoms. The van der Waals surface area contributed by atoms with Crippen molar-refractivity contribution in [3.05, 3.63) is 44.8 Å². The SMILES string of the molecule is Cc1nonc1C(=O)NN=Cc1cccc(I)c1. The number of hydrogen-bond acceptors (Lipinski definition) is 5. The zero-order valence-electron chi connectivity index (χ0n) is 9.42. The van der Waals surface area contributed by atoms with Gasteiger partial charge in [-0.2, -0.15) is 5.10 Å². The third kappa shape index (κ3) is 3.13. The first kappa shape index (κ1) is 12.7. The van der Waals surface area contributed by atoms with Gasteiger partial charge in [-0.3, -0.25) is 4.79 Å². The molecule has 2 aromatic rings. The summed E-state index contributed by atoms with van der Waals surface area (Å²) >= 11 is 2.20. The van der Waals surface area contributed by atoms with Gasteiger partial charge in [0.1, 0.15) is 5.69 Å².